The molecule has 2 rings (SSSR count). The largest absolute Gasteiger partial charge is 0.338 e. The van der Waals surface area contributed by atoms with Crippen LogP contribution in [-0.4, -0.2) is 31.7 Å². The van der Waals surface area contributed by atoms with Crippen molar-refractivity contribution in [2.24, 2.45) is 0 Å². The Bertz CT molecular complexity index is 667. The Morgan fingerprint density at radius 2 is 2.00 bits per heavy atom. The minimum atomic E-state index is -0.611. The van der Waals surface area contributed by atoms with Crippen LogP contribution >= 0.6 is 0 Å². The topological polar surface area (TPSA) is 72.7 Å². The van der Waals surface area contributed by atoms with Crippen molar-refractivity contribution in [2.45, 2.75) is 38.8 Å². The average Bonchev–Trinajstić information content (AvgIpc) is 3.02. The van der Waals surface area contributed by atoms with E-state index in [1.165, 1.54) is 4.80 Å². The third kappa shape index (κ3) is 3.50. The van der Waals surface area contributed by atoms with E-state index in [1.807, 2.05) is 44.2 Å². The second kappa shape index (κ2) is 6.85. The molecule has 0 saturated heterocycles. The Balaban J connectivity index is 2.04. The fraction of sp³-hybridized carbons (Fsp3) is 0.375. The summed E-state index contributed by atoms with van der Waals surface area (Å²) < 4.78 is 0. The number of tetrazole rings is 1. The highest BCUT2D eigenvalue weighted by molar-refractivity contribution is 5.77. The molecule has 1 aromatic carbocycles. The average molecular weight is 297 g/mol. The van der Waals surface area contributed by atoms with Crippen molar-refractivity contribution in [2.75, 3.05) is 0 Å². The Hall–Kier alpha value is -2.68. The summed E-state index contributed by atoms with van der Waals surface area (Å²) in [7, 11) is 0. The number of terminal acetylenes is 1. The zero-order valence-corrected chi connectivity index (χ0v) is 12.8. The molecule has 0 unspecified atom stereocenters. The van der Waals surface area contributed by atoms with Gasteiger partial charge in [0.15, 0.2) is 0 Å². The van der Waals surface area contributed by atoms with E-state index >= 15 is 0 Å². The molecule has 1 aromatic heterocycles. The molecule has 0 saturated carbocycles. The second-order valence-electron chi connectivity index (χ2n) is 4.99. The molecule has 22 heavy (non-hydrogen) atoms. The number of hydrogen-bond donors (Lipinski definition) is 1. The highest BCUT2D eigenvalue weighted by atomic mass is 16.2. The molecule has 1 N–H and O–H groups in total. The zero-order chi connectivity index (χ0) is 16.0. The Morgan fingerprint density at radius 3 is 2.59 bits per heavy atom. The van der Waals surface area contributed by atoms with Crippen molar-refractivity contribution in [1.29, 1.82) is 0 Å². The van der Waals surface area contributed by atoms with Crippen molar-refractivity contribution < 1.29 is 4.79 Å². The minimum absolute atomic E-state index is 0.0107. The predicted molar refractivity (Wildman–Crippen MR) is 83.5 cm³/mol. The van der Waals surface area contributed by atoms with Crippen molar-refractivity contribution in [3.8, 4) is 23.7 Å². The molecule has 0 fully saturated rings. The quantitative estimate of drug-likeness (QED) is 0.823. The molecule has 0 spiro atoms. The molecule has 1 amide bonds. The van der Waals surface area contributed by atoms with Gasteiger partial charge in [-0.3, -0.25) is 4.79 Å². The molecular formula is C16H19N5O. The molecule has 0 aliphatic heterocycles. The summed E-state index contributed by atoms with van der Waals surface area (Å²) in [6.45, 7) is 3.89. The van der Waals surface area contributed by atoms with Crippen LogP contribution in [0.4, 0.5) is 0 Å². The number of aromatic nitrogens is 4. The van der Waals surface area contributed by atoms with E-state index in [1.54, 1.807) is 0 Å². The van der Waals surface area contributed by atoms with Gasteiger partial charge in [-0.05, 0) is 18.1 Å². The van der Waals surface area contributed by atoms with Gasteiger partial charge in [0.1, 0.15) is 12.1 Å². The number of amides is 1. The van der Waals surface area contributed by atoms with Crippen LogP contribution in [0.2, 0.25) is 0 Å². The standard InChI is InChI=1S/C16H19N5O/c1-4-16(5-2,6-3)17-14(22)12-21-19-15(18-20-21)13-10-8-7-9-11-13/h1,7-11H,5-6,12H2,2-3H3,(H,17,22). The lowest BCUT2D eigenvalue weighted by atomic mass is 9.94. The van der Waals surface area contributed by atoms with E-state index in [4.69, 9.17) is 6.42 Å². The van der Waals surface area contributed by atoms with Crippen molar-refractivity contribution in [3.05, 3.63) is 30.3 Å². The lowest BCUT2D eigenvalue weighted by Crippen LogP contribution is -2.47. The Kier molecular flexibility index (Phi) is 4.89. The highest BCUT2D eigenvalue weighted by Crippen LogP contribution is 2.14. The first-order chi connectivity index (χ1) is 10.6. The van der Waals surface area contributed by atoms with Gasteiger partial charge in [0, 0.05) is 5.56 Å². The molecule has 1 heterocycles. The number of nitrogens with zero attached hydrogens (tertiary/aromatic N) is 4. The fourth-order valence-corrected chi connectivity index (χ4v) is 2.11. The molecule has 0 aliphatic carbocycles. The van der Waals surface area contributed by atoms with Gasteiger partial charge in [-0.15, -0.1) is 16.6 Å². The molecule has 114 valence electrons. The fourth-order valence-electron chi connectivity index (χ4n) is 2.11. The summed E-state index contributed by atoms with van der Waals surface area (Å²) in [6.07, 6.45) is 6.88. The molecule has 0 radical (unpaired) electrons. The van der Waals surface area contributed by atoms with E-state index in [0.717, 1.165) is 5.56 Å². The Labute approximate surface area is 129 Å². The second-order valence-corrected chi connectivity index (χ2v) is 4.99. The monoisotopic (exact) mass is 297 g/mol. The number of carbonyl (C=O) groups is 1. The number of benzene rings is 1. The smallest absolute Gasteiger partial charge is 0.244 e. The first-order valence-corrected chi connectivity index (χ1v) is 7.24. The van der Waals surface area contributed by atoms with E-state index in [-0.39, 0.29) is 12.5 Å². The van der Waals surface area contributed by atoms with E-state index in [2.05, 4.69) is 26.6 Å². The summed E-state index contributed by atoms with van der Waals surface area (Å²) in [4.78, 5) is 13.4. The predicted octanol–water partition coefficient (Wildman–Crippen LogP) is 1.65. The zero-order valence-electron chi connectivity index (χ0n) is 12.8. The van der Waals surface area contributed by atoms with E-state index in [9.17, 15) is 4.79 Å². The summed E-state index contributed by atoms with van der Waals surface area (Å²) in [5, 5.41) is 14.9. The first-order valence-electron chi connectivity index (χ1n) is 7.24. The molecule has 2 aromatic rings. The summed E-state index contributed by atoms with van der Waals surface area (Å²) in [5.41, 5.74) is 0.245. The summed E-state index contributed by atoms with van der Waals surface area (Å²) in [6, 6.07) is 9.48. The van der Waals surface area contributed by atoms with Crippen LogP contribution in [0.15, 0.2) is 30.3 Å². The van der Waals surface area contributed by atoms with Crippen molar-refractivity contribution in [3.63, 3.8) is 0 Å². The van der Waals surface area contributed by atoms with Gasteiger partial charge in [-0.2, -0.15) is 4.80 Å². The number of rotatable bonds is 6. The maximum atomic E-state index is 12.1. The van der Waals surface area contributed by atoms with Crippen LogP contribution in [0.3, 0.4) is 0 Å². The van der Waals surface area contributed by atoms with Crippen LogP contribution in [0, 0.1) is 12.3 Å². The molecule has 6 nitrogen and oxygen atoms in total. The Morgan fingerprint density at radius 1 is 1.32 bits per heavy atom. The molecule has 0 atom stereocenters. The maximum Gasteiger partial charge on any atom is 0.244 e. The van der Waals surface area contributed by atoms with Crippen LogP contribution in [0.5, 0.6) is 0 Å². The summed E-state index contributed by atoms with van der Waals surface area (Å²) in [5.74, 6) is 2.93. The normalized spacial score (nSPS) is 11.0. The third-order valence-electron chi connectivity index (χ3n) is 3.63. The van der Waals surface area contributed by atoms with Gasteiger partial charge in [0.05, 0.1) is 0 Å². The van der Waals surface area contributed by atoms with Gasteiger partial charge < -0.3 is 5.32 Å². The number of hydrogen-bond acceptors (Lipinski definition) is 4. The lowest BCUT2D eigenvalue weighted by Gasteiger charge is -2.26. The van der Waals surface area contributed by atoms with Gasteiger partial charge in [-0.25, -0.2) is 0 Å². The molecule has 6 heteroatoms. The van der Waals surface area contributed by atoms with E-state index in [0.29, 0.717) is 18.7 Å². The van der Waals surface area contributed by atoms with E-state index < -0.39 is 5.54 Å². The maximum absolute atomic E-state index is 12.1. The first kappa shape index (κ1) is 15.7. The molecule has 0 aliphatic rings. The van der Waals surface area contributed by atoms with Crippen LogP contribution in [0.25, 0.3) is 11.4 Å². The van der Waals surface area contributed by atoms with Gasteiger partial charge in [0.25, 0.3) is 0 Å². The van der Waals surface area contributed by atoms with Crippen molar-refractivity contribution in [1.82, 2.24) is 25.5 Å². The summed E-state index contributed by atoms with van der Waals surface area (Å²) >= 11 is 0. The lowest BCUT2D eigenvalue weighted by molar-refractivity contribution is -0.123. The third-order valence-corrected chi connectivity index (χ3v) is 3.63. The van der Waals surface area contributed by atoms with Crippen LogP contribution in [0.1, 0.15) is 26.7 Å². The number of carbonyl (C=O) groups excluding carboxylic acids is 1. The highest BCUT2D eigenvalue weighted by Gasteiger charge is 2.25. The van der Waals surface area contributed by atoms with Gasteiger partial charge in [0.2, 0.25) is 11.7 Å². The molecule has 0 bridgehead atoms. The molecular weight excluding hydrogens is 278 g/mol. The van der Waals surface area contributed by atoms with Gasteiger partial charge in [-0.1, -0.05) is 50.1 Å². The van der Waals surface area contributed by atoms with Gasteiger partial charge >= 0.3 is 0 Å². The van der Waals surface area contributed by atoms with Crippen LogP contribution in [-0.2, 0) is 11.3 Å². The minimum Gasteiger partial charge on any atom is -0.338 e. The van der Waals surface area contributed by atoms with Crippen molar-refractivity contribution >= 4 is 5.91 Å². The van der Waals surface area contributed by atoms with Crippen LogP contribution < -0.4 is 5.32 Å². The SMILES string of the molecule is C#CC(CC)(CC)NC(=O)Cn1nnc(-c2ccccc2)n1. The number of nitrogens with one attached hydrogen (secondary N) is 1.